The van der Waals surface area contributed by atoms with Crippen molar-refractivity contribution in [1.82, 2.24) is 5.32 Å². The predicted molar refractivity (Wildman–Crippen MR) is 73.5 cm³/mol. The molecular formula is C14H20N2O3. The first-order chi connectivity index (χ1) is 9.15. The largest absolute Gasteiger partial charge is 0.465 e. The molecule has 2 unspecified atom stereocenters. The number of carbonyl (C=O) groups excluding carboxylic acids is 1. The molecule has 19 heavy (non-hydrogen) atoms. The zero-order valence-corrected chi connectivity index (χ0v) is 11.3. The monoisotopic (exact) mass is 264 g/mol. The number of ether oxygens (including phenoxy) is 1. The molecule has 2 rings (SSSR count). The molecule has 1 saturated heterocycles. The van der Waals surface area contributed by atoms with Crippen LogP contribution >= 0.6 is 0 Å². The Kier molecular flexibility index (Phi) is 4.39. The van der Waals surface area contributed by atoms with E-state index in [1.165, 1.54) is 7.11 Å². The van der Waals surface area contributed by atoms with Crippen LogP contribution in [0, 0.1) is 0 Å². The lowest BCUT2D eigenvalue weighted by molar-refractivity contribution is 0.0601. The van der Waals surface area contributed by atoms with Gasteiger partial charge in [-0.05, 0) is 25.1 Å². The molecule has 1 aromatic rings. The number of anilines is 1. The fourth-order valence-electron chi connectivity index (χ4n) is 2.36. The van der Waals surface area contributed by atoms with Crippen molar-refractivity contribution in [2.75, 3.05) is 31.7 Å². The van der Waals surface area contributed by atoms with Gasteiger partial charge in [0.25, 0.3) is 0 Å². The zero-order valence-electron chi connectivity index (χ0n) is 11.3. The summed E-state index contributed by atoms with van der Waals surface area (Å²) in [6, 6.07) is 7.71. The second-order valence-corrected chi connectivity index (χ2v) is 4.84. The van der Waals surface area contributed by atoms with Crippen LogP contribution in [0.2, 0.25) is 0 Å². The smallest absolute Gasteiger partial charge is 0.337 e. The second kappa shape index (κ2) is 6.04. The summed E-state index contributed by atoms with van der Waals surface area (Å²) in [7, 11) is 1.37. The number of piperazine rings is 1. The number of carbonyl (C=O) groups is 1. The van der Waals surface area contributed by atoms with Gasteiger partial charge in [0.1, 0.15) is 0 Å². The Morgan fingerprint density at radius 1 is 1.58 bits per heavy atom. The summed E-state index contributed by atoms with van der Waals surface area (Å²) in [6.07, 6.45) is 0. The topological polar surface area (TPSA) is 61.8 Å². The second-order valence-electron chi connectivity index (χ2n) is 4.84. The molecule has 0 saturated carbocycles. The van der Waals surface area contributed by atoms with Gasteiger partial charge in [0, 0.05) is 24.8 Å². The van der Waals surface area contributed by atoms with Crippen molar-refractivity contribution in [2.24, 2.45) is 0 Å². The first-order valence-electron chi connectivity index (χ1n) is 6.45. The minimum atomic E-state index is -0.342. The molecule has 5 nitrogen and oxygen atoms in total. The molecule has 0 amide bonds. The molecule has 0 aromatic heterocycles. The number of benzene rings is 1. The molecular weight excluding hydrogens is 244 g/mol. The molecule has 1 heterocycles. The number of hydrogen-bond acceptors (Lipinski definition) is 5. The number of esters is 1. The van der Waals surface area contributed by atoms with Crippen LogP contribution in [0.5, 0.6) is 0 Å². The number of nitrogens with one attached hydrogen (secondary N) is 1. The van der Waals surface area contributed by atoms with Gasteiger partial charge in [-0.2, -0.15) is 0 Å². The number of methoxy groups -OCH3 is 1. The van der Waals surface area contributed by atoms with E-state index in [4.69, 9.17) is 4.74 Å². The SMILES string of the molecule is COC(=O)c1cccc(N2CC(C)NCC2CO)c1. The Morgan fingerprint density at radius 2 is 2.37 bits per heavy atom. The fraction of sp³-hybridized carbons (Fsp3) is 0.500. The molecule has 0 radical (unpaired) electrons. The van der Waals surface area contributed by atoms with Crippen LogP contribution in [0.1, 0.15) is 17.3 Å². The van der Waals surface area contributed by atoms with Crippen molar-refractivity contribution in [2.45, 2.75) is 19.0 Å². The van der Waals surface area contributed by atoms with E-state index in [0.717, 1.165) is 18.8 Å². The van der Waals surface area contributed by atoms with E-state index >= 15 is 0 Å². The lowest BCUT2D eigenvalue weighted by Crippen LogP contribution is -2.57. The number of aliphatic hydroxyl groups excluding tert-OH is 1. The van der Waals surface area contributed by atoms with Crippen LogP contribution in [-0.2, 0) is 4.74 Å². The van der Waals surface area contributed by atoms with Crippen molar-refractivity contribution in [3.63, 3.8) is 0 Å². The van der Waals surface area contributed by atoms with Crippen molar-refractivity contribution < 1.29 is 14.6 Å². The van der Waals surface area contributed by atoms with Crippen LogP contribution in [0.4, 0.5) is 5.69 Å². The summed E-state index contributed by atoms with van der Waals surface area (Å²) < 4.78 is 4.73. The van der Waals surface area contributed by atoms with E-state index in [9.17, 15) is 9.90 Å². The molecule has 5 heteroatoms. The highest BCUT2D eigenvalue weighted by Gasteiger charge is 2.25. The summed E-state index contributed by atoms with van der Waals surface area (Å²) >= 11 is 0. The summed E-state index contributed by atoms with van der Waals surface area (Å²) in [4.78, 5) is 13.7. The number of aliphatic hydroxyl groups is 1. The Bertz CT molecular complexity index is 450. The van der Waals surface area contributed by atoms with E-state index in [1.54, 1.807) is 6.07 Å². The summed E-state index contributed by atoms with van der Waals surface area (Å²) in [5.41, 5.74) is 1.47. The Hall–Kier alpha value is -1.59. The van der Waals surface area contributed by atoms with Crippen molar-refractivity contribution in [3.05, 3.63) is 29.8 Å². The standard InChI is InChI=1S/C14H20N2O3/c1-10-8-16(13(9-17)7-15-10)12-5-3-4-11(6-12)14(18)19-2/h3-6,10,13,15,17H,7-9H2,1-2H3. The van der Waals surface area contributed by atoms with Crippen LogP contribution in [0.15, 0.2) is 24.3 Å². The van der Waals surface area contributed by atoms with Crippen LogP contribution in [0.25, 0.3) is 0 Å². The van der Waals surface area contributed by atoms with Crippen LogP contribution < -0.4 is 10.2 Å². The van der Waals surface area contributed by atoms with Gasteiger partial charge in [0.2, 0.25) is 0 Å². The van der Waals surface area contributed by atoms with E-state index < -0.39 is 0 Å². The first kappa shape index (κ1) is 13.8. The van der Waals surface area contributed by atoms with Gasteiger partial charge in [-0.25, -0.2) is 4.79 Å². The van der Waals surface area contributed by atoms with E-state index in [0.29, 0.717) is 11.6 Å². The van der Waals surface area contributed by atoms with E-state index in [-0.39, 0.29) is 18.6 Å². The van der Waals surface area contributed by atoms with Gasteiger partial charge >= 0.3 is 5.97 Å². The molecule has 2 N–H and O–H groups in total. The number of hydrogen-bond donors (Lipinski definition) is 2. The highest BCUT2D eigenvalue weighted by atomic mass is 16.5. The summed E-state index contributed by atoms with van der Waals surface area (Å²) in [5.74, 6) is -0.342. The van der Waals surface area contributed by atoms with Crippen LogP contribution in [0.3, 0.4) is 0 Å². The quantitative estimate of drug-likeness (QED) is 0.784. The lowest BCUT2D eigenvalue weighted by Gasteiger charge is -2.40. The Balaban J connectivity index is 2.26. The lowest BCUT2D eigenvalue weighted by atomic mass is 10.1. The van der Waals surface area contributed by atoms with Gasteiger partial charge in [0.15, 0.2) is 0 Å². The molecule has 0 spiro atoms. The number of rotatable bonds is 3. The fourth-order valence-corrected chi connectivity index (χ4v) is 2.36. The van der Waals surface area contributed by atoms with Crippen molar-refractivity contribution >= 4 is 11.7 Å². The maximum atomic E-state index is 11.6. The third-order valence-electron chi connectivity index (χ3n) is 3.42. The van der Waals surface area contributed by atoms with E-state index in [1.807, 2.05) is 18.2 Å². The Morgan fingerprint density at radius 3 is 3.05 bits per heavy atom. The first-order valence-corrected chi connectivity index (χ1v) is 6.45. The van der Waals surface area contributed by atoms with E-state index in [2.05, 4.69) is 17.1 Å². The normalized spacial score (nSPS) is 23.2. The average Bonchev–Trinajstić information content (AvgIpc) is 2.46. The van der Waals surface area contributed by atoms with Crippen molar-refractivity contribution in [1.29, 1.82) is 0 Å². The molecule has 104 valence electrons. The molecule has 0 aliphatic carbocycles. The zero-order chi connectivity index (χ0) is 13.8. The highest BCUT2D eigenvalue weighted by molar-refractivity contribution is 5.90. The molecule has 1 aliphatic heterocycles. The highest BCUT2D eigenvalue weighted by Crippen LogP contribution is 2.21. The molecule has 1 aromatic carbocycles. The maximum Gasteiger partial charge on any atom is 0.337 e. The average molecular weight is 264 g/mol. The third kappa shape index (κ3) is 3.05. The molecule has 0 bridgehead atoms. The van der Waals surface area contributed by atoms with Crippen LogP contribution in [-0.4, -0.2) is 50.0 Å². The molecule has 1 aliphatic rings. The molecule has 2 atom stereocenters. The summed E-state index contributed by atoms with van der Waals surface area (Å²) in [5, 5.41) is 12.8. The van der Waals surface area contributed by atoms with Gasteiger partial charge in [-0.1, -0.05) is 6.07 Å². The predicted octanol–water partition coefficient (Wildman–Crippen LogP) is 0.632. The number of nitrogens with zero attached hydrogens (tertiary/aromatic N) is 1. The van der Waals surface area contributed by atoms with Crippen molar-refractivity contribution in [3.8, 4) is 0 Å². The minimum Gasteiger partial charge on any atom is -0.465 e. The van der Waals surface area contributed by atoms with Gasteiger partial charge < -0.3 is 20.1 Å². The van der Waals surface area contributed by atoms with Gasteiger partial charge in [0.05, 0.1) is 25.3 Å². The maximum absolute atomic E-state index is 11.6. The Labute approximate surface area is 113 Å². The van der Waals surface area contributed by atoms with Gasteiger partial charge in [-0.15, -0.1) is 0 Å². The molecule has 1 fully saturated rings. The summed E-state index contributed by atoms with van der Waals surface area (Å²) in [6.45, 7) is 3.73. The minimum absolute atomic E-state index is 0.0316. The third-order valence-corrected chi connectivity index (χ3v) is 3.42. The van der Waals surface area contributed by atoms with Gasteiger partial charge in [-0.3, -0.25) is 0 Å².